The summed E-state index contributed by atoms with van der Waals surface area (Å²) in [5.74, 6) is 0.845. The van der Waals surface area contributed by atoms with Crippen LogP contribution in [0.4, 0.5) is 0 Å². The fraction of sp³-hybridized carbons (Fsp3) is 0.0909. The smallest absolute Gasteiger partial charge is 0.158 e. The monoisotopic (exact) mass is 215 g/mol. The lowest BCUT2D eigenvalue weighted by Crippen LogP contribution is -1.79. The molecule has 0 bridgehead atoms. The predicted molar refractivity (Wildman–Crippen MR) is 62.4 cm³/mol. The van der Waals surface area contributed by atoms with Crippen LogP contribution in [0.2, 0.25) is 0 Å². The summed E-state index contributed by atoms with van der Waals surface area (Å²) in [6.45, 7) is 0. The molecule has 0 radical (unpaired) electrons. The van der Waals surface area contributed by atoms with E-state index in [0.29, 0.717) is 0 Å². The molecule has 0 atom stereocenters. The van der Waals surface area contributed by atoms with Crippen molar-refractivity contribution >= 4 is 23.5 Å². The van der Waals surface area contributed by atoms with Crippen molar-refractivity contribution in [3.05, 3.63) is 34.4 Å². The average Bonchev–Trinajstić information content (AvgIpc) is 2.84. The molecule has 2 aromatic rings. The van der Waals surface area contributed by atoms with E-state index in [4.69, 9.17) is 0 Å². The highest BCUT2D eigenvalue weighted by Gasteiger charge is 2.09. The topological polar surface area (TPSA) is 41.6 Å². The van der Waals surface area contributed by atoms with E-state index in [-0.39, 0.29) is 0 Å². The number of nitrogens with one attached hydrogen (secondary N) is 1. The van der Waals surface area contributed by atoms with Crippen molar-refractivity contribution in [1.82, 2.24) is 15.0 Å². The van der Waals surface area contributed by atoms with Gasteiger partial charge in [-0.1, -0.05) is 12.2 Å². The van der Waals surface area contributed by atoms with Gasteiger partial charge in [-0.15, -0.1) is 11.3 Å². The predicted octanol–water partition coefficient (Wildman–Crippen LogP) is 2.96. The summed E-state index contributed by atoms with van der Waals surface area (Å²) in [6.07, 6.45) is 9.30. The van der Waals surface area contributed by atoms with Gasteiger partial charge in [0.1, 0.15) is 5.69 Å². The van der Waals surface area contributed by atoms with Crippen molar-refractivity contribution in [2.24, 2.45) is 0 Å². The molecule has 0 spiro atoms. The van der Waals surface area contributed by atoms with E-state index >= 15 is 0 Å². The van der Waals surface area contributed by atoms with E-state index in [2.05, 4.69) is 33.2 Å². The van der Waals surface area contributed by atoms with Crippen LogP contribution in [0.1, 0.15) is 17.8 Å². The number of hydrogen-bond acceptors (Lipinski definition) is 3. The van der Waals surface area contributed by atoms with Crippen LogP contribution < -0.4 is 0 Å². The number of hydrogen-bond donors (Lipinski definition) is 1. The average molecular weight is 215 g/mol. The summed E-state index contributed by atoms with van der Waals surface area (Å²) in [4.78, 5) is 12.0. The van der Waals surface area contributed by atoms with E-state index < -0.39 is 0 Å². The van der Waals surface area contributed by atoms with E-state index in [9.17, 15) is 0 Å². The molecule has 0 aliphatic heterocycles. The van der Waals surface area contributed by atoms with E-state index in [1.165, 1.54) is 0 Å². The van der Waals surface area contributed by atoms with Crippen molar-refractivity contribution in [3.8, 4) is 11.5 Å². The highest BCUT2D eigenvalue weighted by molar-refractivity contribution is 7.07. The molecule has 2 aromatic heterocycles. The largest absolute Gasteiger partial charge is 0.337 e. The minimum absolute atomic E-state index is 0.845. The van der Waals surface area contributed by atoms with Gasteiger partial charge in [0.05, 0.1) is 16.9 Å². The van der Waals surface area contributed by atoms with Crippen LogP contribution in [0, 0.1) is 0 Å². The maximum atomic E-state index is 4.50. The zero-order valence-corrected chi connectivity index (χ0v) is 8.79. The lowest BCUT2D eigenvalue weighted by molar-refractivity contribution is 1.25. The molecule has 2 heterocycles. The number of fused-ring (bicyclic) bond motifs is 1. The first kappa shape index (κ1) is 8.61. The molecule has 0 saturated heterocycles. The molecule has 15 heavy (non-hydrogen) atoms. The molecule has 1 N–H and O–H groups in total. The van der Waals surface area contributed by atoms with Gasteiger partial charge >= 0.3 is 0 Å². The lowest BCUT2D eigenvalue weighted by atomic mass is 10.3. The normalized spacial score (nSPS) is 13.9. The Kier molecular flexibility index (Phi) is 1.99. The Morgan fingerprint density at radius 1 is 1.27 bits per heavy atom. The summed E-state index contributed by atoms with van der Waals surface area (Å²) < 4.78 is 0. The van der Waals surface area contributed by atoms with Crippen molar-refractivity contribution in [2.45, 2.75) is 6.42 Å². The van der Waals surface area contributed by atoms with Crippen LogP contribution in [0.3, 0.4) is 0 Å². The second kappa shape index (κ2) is 3.47. The third-order valence-electron chi connectivity index (χ3n) is 2.27. The summed E-state index contributed by atoms with van der Waals surface area (Å²) in [7, 11) is 0. The maximum absolute atomic E-state index is 4.50. The van der Waals surface area contributed by atoms with Crippen molar-refractivity contribution in [3.63, 3.8) is 0 Å². The third-order valence-corrected chi connectivity index (χ3v) is 2.86. The zero-order chi connectivity index (χ0) is 10.1. The van der Waals surface area contributed by atoms with Crippen LogP contribution in [0.5, 0.6) is 0 Å². The van der Waals surface area contributed by atoms with Gasteiger partial charge < -0.3 is 4.98 Å². The maximum Gasteiger partial charge on any atom is 0.158 e. The van der Waals surface area contributed by atoms with Crippen LogP contribution in [-0.4, -0.2) is 15.0 Å². The Labute approximate surface area is 91.2 Å². The van der Waals surface area contributed by atoms with E-state index in [1.54, 1.807) is 11.3 Å². The van der Waals surface area contributed by atoms with E-state index in [1.807, 2.05) is 17.0 Å². The SMILES string of the molecule is C1=Cc2nc(-c3cscn3)[nH]c2C=CC1. The fourth-order valence-electron chi connectivity index (χ4n) is 1.55. The Bertz CT molecular complexity index is 491. The molecule has 0 unspecified atom stereocenters. The number of imidazole rings is 1. The number of H-pyrrole nitrogens is 1. The van der Waals surface area contributed by atoms with Gasteiger partial charge in [-0.3, -0.25) is 0 Å². The van der Waals surface area contributed by atoms with Gasteiger partial charge in [-0.25, -0.2) is 9.97 Å². The molecular weight excluding hydrogens is 206 g/mol. The second-order valence-corrected chi connectivity index (χ2v) is 4.02. The van der Waals surface area contributed by atoms with Gasteiger partial charge in [-0.05, 0) is 18.6 Å². The van der Waals surface area contributed by atoms with Crippen LogP contribution in [0.15, 0.2) is 23.0 Å². The number of aromatic nitrogens is 3. The number of thiazole rings is 1. The van der Waals surface area contributed by atoms with Crippen molar-refractivity contribution in [1.29, 1.82) is 0 Å². The Hall–Kier alpha value is -1.68. The summed E-state index contributed by atoms with van der Waals surface area (Å²) in [6, 6.07) is 0. The highest BCUT2D eigenvalue weighted by atomic mass is 32.1. The van der Waals surface area contributed by atoms with Gasteiger partial charge in [0.2, 0.25) is 0 Å². The first-order valence-corrected chi connectivity index (χ1v) is 5.69. The molecule has 0 amide bonds. The molecule has 0 fully saturated rings. The van der Waals surface area contributed by atoms with Crippen molar-refractivity contribution < 1.29 is 0 Å². The van der Waals surface area contributed by atoms with Crippen LogP contribution in [-0.2, 0) is 0 Å². The molecule has 1 aliphatic carbocycles. The molecule has 4 heteroatoms. The first-order chi connectivity index (χ1) is 7.43. The van der Waals surface area contributed by atoms with E-state index in [0.717, 1.165) is 29.3 Å². The molecule has 74 valence electrons. The molecule has 3 nitrogen and oxygen atoms in total. The lowest BCUT2D eigenvalue weighted by Gasteiger charge is -1.86. The third kappa shape index (κ3) is 1.53. The standard InChI is InChI=1S/C11H9N3S/c1-2-4-8-9(5-3-1)14-11(13-8)10-6-15-7-12-10/h2-7H,1H2,(H,13,14). The molecule has 1 aliphatic rings. The Balaban J connectivity index is 2.11. The Morgan fingerprint density at radius 2 is 2.20 bits per heavy atom. The van der Waals surface area contributed by atoms with Gasteiger partial charge in [0.15, 0.2) is 5.82 Å². The van der Waals surface area contributed by atoms with Crippen LogP contribution in [0.25, 0.3) is 23.7 Å². The summed E-state index contributed by atoms with van der Waals surface area (Å²) in [5.41, 5.74) is 4.78. The number of rotatable bonds is 1. The number of aromatic amines is 1. The van der Waals surface area contributed by atoms with Gasteiger partial charge in [-0.2, -0.15) is 0 Å². The highest BCUT2D eigenvalue weighted by Crippen LogP contribution is 2.21. The quantitative estimate of drug-likeness (QED) is 0.794. The van der Waals surface area contributed by atoms with Gasteiger partial charge in [0, 0.05) is 5.38 Å². The minimum atomic E-state index is 0.845. The minimum Gasteiger partial charge on any atom is -0.337 e. The number of nitrogens with zero attached hydrogens (tertiary/aromatic N) is 2. The molecule has 0 saturated carbocycles. The van der Waals surface area contributed by atoms with Gasteiger partial charge in [0.25, 0.3) is 0 Å². The Morgan fingerprint density at radius 3 is 3.07 bits per heavy atom. The molecule has 3 rings (SSSR count). The summed E-state index contributed by atoms with van der Waals surface area (Å²) in [5, 5.41) is 1.99. The van der Waals surface area contributed by atoms with Crippen LogP contribution >= 0.6 is 11.3 Å². The molecular formula is C11H9N3S. The summed E-state index contributed by atoms with van der Waals surface area (Å²) >= 11 is 1.58. The zero-order valence-electron chi connectivity index (χ0n) is 7.97. The fourth-order valence-corrected chi connectivity index (χ4v) is 2.09. The molecule has 0 aromatic carbocycles. The second-order valence-electron chi connectivity index (χ2n) is 3.30. The first-order valence-electron chi connectivity index (χ1n) is 4.75. The van der Waals surface area contributed by atoms with Crippen molar-refractivity contribution in [2.75, 3.05) is 0 Å². The number of allylic oxidation sites excluding steroid dienone is 2.